The lowest BCUT2D eigenvalue weighted by molar-refractivity contribution is -0.0361. The molecule has 0 radical (unpaired) electrons. The van der Waals surface area contributed by atoms with Gasteiger partial charge in [-0.3, -0.25) is 0 Å². The molecule has 1 saturated heterocycles. The maximum atomic E-state index is 13.4. The van der Waals surface area contributed by atoms with Crippen LogP contribution in [0.2, 0.25) is 0 Å². The Kier molecular flexibility index (Phi) is 6.83. The highest BCUT2D eigenvalue weighted by molar-refractivity contribution is 7.90. The fourth-order valence-electron chi connectivity index (χ4n) is 3.47. The molecule has 1 aliphatic carbocycles. The van der Waals surface area contributed by atoms with Crippen molar-refractivity contribution in [3.63, 3.8) is 0 Å². The summed E-state index contributed by atoms with van der Waals surface area (Å²) < 4.78 is 61.9. The van der Waals surface area contributed by atoms with Gasteiger partial charge in [0, 0.05) is 37.8 Å². The molecule has 180 valence electrons. The number of carbonyl (C=O) groups excluding carboxylic acids is 1. The molecule has 32 heavy (non-hydrogen) atoms. The van der Waals surface area contributed by atoms with E-state index in [1.165, 1.54) is 6.07 Å². The van der Waals surface area contributed by atoms with Gasteiger partial charge in [0.1, 0.15) is 18.0 Å². The van der Waals surface area contributed by atoms with E-state index in [2.05, 4.69) is 15.3 Å². The van der Waals surface area contributed by atoms with Crippen LogP contribution in [0.3, 0.4) is 0 Å². The first-order valence-corrected chi connectivity index (χ1v) is 12.5. The van der Waals surface area contributed by atoms with Crippen LogP contribution in [0.5, 0.6) is 5.88 Å². The number of hydrogen-bond donors (Lipinski definition) is 1. The standard InChI is InChI=1S/C20H30F2N4O5S/c1-19(2,3)31-18(27)26-10-7-14(26)12-30-16-11-15(24-17(25-16)32(4,28)29)23-13-5-8-20(21,22)9-6-13/h11,13-14H,5-10,12H2,1-4H3,(H,23,24,25). The van der Waals surface area contributed by atoms with Crippen LogP contribution < -0.4 is 10.1 Å². The highest BCUT2D eigenvalue weighted by Gasteiger charge is 2.36. The molecular weight excluding hydrogens is 446 g/mol. The average Bonchev–Trinajstić information content (AvgIpc) is 2.60. The Morgan fingerprint density at radius 3 is 2.44 bits per heavy atom. The smallest absolute Gasteiger partial charge is 0.410 e. The van der Waals surface area contributed by atoms with Crippen molar-refractivity contribution in [2.45, 2.75) is 81.6 Å². The number of nitrogens with one attached hydrogen (secondary N) is 1. The van der Waals surface area contributed by atoms with E-state index in [0.717, 1.165) is 6.26 Å². The number of sulfone groups is 1. The number of alkyl halides is 2. The van der Waals surface area contributed by atoms with E-state index in [9.17, 15) is 22.0 Å². The van der Waals surface area contributed by atoms with Gasteiger partial charge in [-0.25, -0.2) is 27.0 Å². The van der Waals surface area contributed by atoms with Crippen LogP contribution in [0.4, 0.5) is 19.4 Å². The van der Waals surface area contributed by atoms with Crippen LogP contribution in [-0.4, -0.2) is 72.4 Å². The van der Waals surface area contributed by atoms with Gasteiger partial charge in [-0.1, -0.05) is 0 Å². The molecule has 3 rings (SSSR count). The van der Waals surface area contributed by atoms with Crippen LogP contribution >= 0.6 is 0 Å². The number of hydrogen-bond acceptors (Lipinski definition) is 8. The van der Waals surface area contributed by atoms with Crippen LogP contribution in [0, 0.1) is 0 Å². The molecule has 1 unspecified atom stereocenters. The number of anilines is 1. The summed E-state index contributed by atoms with van der Waals surface area (Å²) in [5, 5.41) is 2.61. The highest BCUT2D eigenvalue weighted by Crippen LogP contribution is 2.34. The summed E-state index contributed by atoms with van der Waals surface area (Å²) >= 11 is 0. The van der Waals surface area contributed by atoms with Crippen molar-refractivity contribution < 1.29 is 31.5 Å². The van der Waals surface area contributed by atoms with Crippen LogP contribution in [0.15, 0.2) is 11.2 Å². The number of likely N-dealkylation sites (tertiary alicyclic amines) is 1. The zero-order valence-electron chi connectivity index (χ0n) is 18.7. The Hall–Kier alpha value is -2.24. The zero-order chi connectivity index (χ0) is 23.7. The van der Waals surface area contributed by atoms with Gasteiger partial charge in [0.15, 0.2) is 0 Å². The Bertz CT molecular complexity index is 942. The van der Waals surface area contributed by atoms with E-state index in [0.29, 0.717) is 13.0 Å². The van der Waals surface area contributed by atoms with Crippen molar-refractivity contribution in [3.8, 4) is 5.88 Å². The van der Waals surface area contributed by atoms with Gasteiger partial charge < -0.3 is 19.7 Å². The summed E-state index contributed by atoms with van der Waals surface area (Å²) in [4.78, 5) is 21.8. The first-order valence-electron chi connectivity index (χ1n) is 10.6. The molecule has 2 fully saturated rings. The zero-order valence-corrected chi connectivity index (χ0v) is 19.5. The molecule has 1 atom stereocenters. The molecule has 1 aromatic rings. The normalized spacial score (nSPS) is 21.6. The molecule has 1 saturated carbocycles. The number of halogens is 2. The maximum absolute atomic E-state index is 13.4. The highest BCUT2D eigenvalue weighted by atomic mass is 32.2. The first kappa shape index (κ1) is 24.4. The number of amides is 1. The summed E-state index contributed by atoms with van der Waals surface area (Å²) in [5.74, 6) is -2.44. The van der Waals surface area contributed by atoms with Gasteiger partial charge >= 0.3 is 6.09 Å². The number of aromatic nitrogens is 2. The summed E-state index contributed by atoms with van der Waals surface area (Å²) in [6, 6.07) is 0.968. The van der Waals surface area contributed by atoms with Gasteiger partial charge in [-0.15, -0.1) is 0 Å². The van der Waals surface area contributed by atoms with E-state index < -0.39 is 32.6 Å². The molecule has 0 spiro atoms. The fourth-order valence-corrected chi connectivity index (χ4v) is 3.99. The van der Waals surface area contributed by atoms with Gasteiger partial charge in [-0.2, -0.15) is 4.98 Å². The third kappa shape index (κ3) is 6.63. The molecular formula is C20H30F2N4O5S. The van der Waals surface area contributed by atoms with Crippen molar-refractivity contribution in [2.24, 2.45) is 0 Å². The fraction of sp³-hybridized carbons (Fsp3) is 0.750. The second-order valence-electron chi connectivity index (χ2n) is 9.35. The van der Waals surface area contributed by atoms with Crippen LogP contribution in [0.1, 0.15) is 52.9 Å². The summed E-state index contributed by atoms with van der Waals surface area (Å²) in [7, 11) is -3.73. The van der Waals surface area contributed by atoms with E-state index in [-0.39, 0.29) is 56.1 Å². The van der Waals surface area contributed by atoms with Crippen molar-refractivity contribution in [1.29, 1.82) is 0 Å². The van der Waals surface area contributed by atoms with E-state index >= 15 is 0 Å². The predicted octanol–water partition coefficient (Wildman–Crippen LogP) is 3.26. The Morgan fingerprint density at radius 2 is 1.91 bits per heavy atom. The number of nitrogens with zero attached hydrogens (tertiary/aromatic N) is 3. The largest absolute Gasteiger partial charge is 0.475 e. The maximum Gasteiger partial charge on any atom is 0.410 e. The molecule has 1 aliphatic heterocycles. The van der Waals surface area contributed by atoms with Gasteiger partial charge in [0.05, 0.1) is 6.04 Å². The van der Waals surface area contributed by atoms with E-state index in [1.807, 2.05) is 0 Å². The molecule has 1 amide bonds. The minimum absolute atomic E-state index is 0.0279. The summed E-state index contributed by atoms with van der Waals surface area (Å²) in [6.07, 6.45) is 1.27. The van der Waals surface area contributed by atoms with Crippen LogP contribution in [0.25, 0.3) is 0 Å². The Labute approximate surface area is 186 Å². The monoisotopic (exact) mass is 476 g/mol. The first-order chi connectivity index (χ1) is 14.7. The molecule has 0 aromatic carbocycles. The predicted molar refractivity (Wildman–Crippen MR) is 113 cm³/mol. The summed E-state index contributed by atoms with van der Waals surface area (Å²) in [5.41, 5.74) is -0.612. The van der Waals surface area contributed by atoms with Crippen molar-refractivity contribution in [3.05, 3.63) is 6.07 Å². The number of carbonyl (C=O) groups is 1. The lowest BCUT2D eigenvalue weighted by atomic mass is 9.92. The van der Waals surface area contributed by atoms with Crippen molar-refractivity contribution in [2.75, 3.05) is 24.7 Å². The molecule has 12 heteroatoms. The lowest BCUT2D eigenvalue weighted by Crippen LogP contribution is -2.55. The van der Waals surface area contributed by atoms with E-state index in [1.54, 1.807) is 25.7 Å². The third-order valence-electron chi connectivity index (χ3n) is 5.28. The number of ether oxygens (including phenoxy) is 2. The van der Waals surface area contributed by atoms with Crippen LogP contribution in [-0.2, 0) is 14.6 Å². The molecule has 2 heterocycles. The second kappa shape index (κ2) is 8.95. The molecule has 2 aliphatic rings. The topological polar surface area (TPSA) is 111 Å². The summed E-state index contributed by atoms with van der Waals surface area (Å²) in [6.45, 7) is 6.00. The molecule has 1 aromatic heterocycles. The molecule has 1 N–H and O–H groups in total. The van der Waals surface area contributed by atoms with Gasteiger partial charge in [0.25, 0.3) is 5.16 Å². The molecule has 9 nitrogen and oxygen atoms in total. The van der Waals surface area contributed by atoms with Gasteiger partial charge in [0.2, 0.25) is 21.6 Å². The van der Waals surface area contributed by atoms with Crippen molar-refractivity contribution in [1.82, 2.24) is 14.9 Å². The lowest BCUT2D eigenvalue weighted by Gasteiger charge is -2.40. The Balaban J connectivity index is 1.67. The van der Waals surface area contributed by atoms with Gasteiger partial charge in [-0.05, 0) is 40.0 Å². The minimum atomic E-state index is -3.73. The number of rotatable bonds is 6. The van der Waals surface area contributed by atoms with E-state index in [4.69, 9.17) is 9.47 Å². The average molecular weight is 477 g/mol. The van der Waals surface area contributed by atoms with Crippen molar-refractivity contribution >= 4 is 21.7 Å². The SMILES string of the molecule is CC(C)(C)OC(=O)N1CCC1COc1cc(NC2CCC(F)(F)CC2)nc(S(C)(=O)=O)n1. The minimum Gasteiger partial charge on any atom is -0.475 e. The quantitative estimate of drug-likeness (QED) is 0.623. The molecule has 0 bridgehead atoms. The second-order valence-corrected chi connectivity index (χ2v) is 11.3. The third-order valence-corrected chi connectivity index (χ3v) is 6.12. The Morgan fingerprint density at radius 1 is 1.25 bits per heavy atom.